The van der Waals surface area contributed by atoms with Gasteiger partial charge in [-0.1, -0.05) is 24.6 Å². The fraction of sp³-hybridized carbons (Fsp3) is 0.375. The van der Waals surface area contributed by atoms with Crippen molar-refractivity contribution in [1.82, 2.24) is 0 Å². The van der Waals surface area contributed by atoms with Gasteiger partial charge < -0.3 is 14.9 Å². The summed E-state index contributed by atoms with van der Waals surface area (Å²) < 4.78 is 11.4. The summed E-state index contributed by atoms with van der Waals surface area (Å²) in [6, 6.07) is 9.69. The van der Waals surface area contributed by atoms with Crippen LogP contribution in [0.15, 0.2) is 34.7 Å². The van der Waals surface area contributed by atoms with Crippen LogP contribution in [0.2, 0.25) is 0 Å². The number of ether oxygens (including phenoxy) is 1. The lowest BCUT2D eigenvalue weighted by atomic mass is 10.0. The third-order valence-corrected chi connectivity index (χ3v) is 3.14. The largest absolute Gasteiger partial charge is 0.494 e. The second-order valence-corrected chi connectivity index (χ2v) is 4.61. The third-order valence-electron chi connectivity index (χ3n) is 3.14. The Morgan fingerprint density at radius 2 is 2.00 bits per heavy atom. The van der Waals surface area contributed by atoms with Gasteiger partial charge in [0.2, 0.25) is 0 Å². The van der Waals surface area contributed by atoms with Gasteiger partial charge in [-0.15, -0.1) is 0 Å². The third kappa shape index (κ3) is 2.99. The maximum atomic E-state index is 6.31. The van der Waals surface area contributed by atoms with Crippen LogP contribution in [0.4, 0.5) is 0 Å². The van der Waals surface area contributed by atoms with Crippen LogP contribution in [0.5, 0.6) is 5.75 Å². The molecular weight excluding hydrogens is 238 g/mol. The van der Waals surface area contributed by atoms with E-state index in [0.717, 1.165) is 34.8 Å². The molecule has 1 unspecified atom stereocenters. The molecule has 0 fully saturated rings. The molecular formula is C16H21NO2. The highest BCUT2D eigenvalue weighted by molar-refractivity contribution is 5.42. The highest BCUT2D eigenvalue weighted by Gasteiger charge is 2.17. The lowest BCUT2D eigenvalue weighted by Gasteiger charge is -2.15. The van der Waals surface area contributed by atoms with Crippen molar-refractivity contribution in [3.05, 3.63) is 53.0 Å². The van der Waals surface area contributed by atoms with Crippen molar-refractivity contribution < 1.29 is 9.15 Å². The molecule has 0 aliphatic heterocycles. The summed E-state index contributed by atoms with van der Waals surface area (Å²) in [6.07, 6.45) is 0.874. The summed E-state index contributed by atoms with van der Waals surface area (Å²) in [5.74, 6) is 2.56. The van der Waals surface area contributed by atoms with E-state index in [4.69, 9.17) is 14.9 Å². The zero-order valence-corrected chi connectivity index (χ0v) is 11.8. The maximum absolute atomic E-state index is 6.31. The number of hydrogen-bond acceptors (Lipinski definition) is 3. The van der Waals surface area contributed by atoms with Crippen LogP contribution >= 0.6 is 0 Å². The zero-order valence-electron chi connectivity index (χ0n) is 11.8. The molecule has 1 atom stereocenters. The Morgan fingerprint density at radius 3 is 2.63 bits per heavy atom. The number of hydrogen-bond donors (Lipinski definition) is 1. The van der Waals surface area contributed by atoms with Gasteiger partial charge in [-0.05, 0) is 32.0 Å². The van der Waals surface area contributed by atoms with Gasteiger partial charge in [-0.25, -0.2) is 0 Å². The SMILES string of the molecule is CCOc1ccc(C)cc1C(N)c1ccc(CC)o1. The maximum Gasteiger partial charge on any atom is 0.125 e. The average molecular weight is 259 g/mol. The summed E-state index contributed by atoms with van der Waals surface area (Å²) in [5.41, 5.74) is 8.44. The van der Waals surface area contributed by atoms with Gasteiger partial charge in [-0.2, -0.15) is 0 Å². The van der Waals surface area contributed by atoms with E-state index in [-0.39, 0.29) is 6.04 Å². The van der Waals surface area contributed by atoms with Crippen molar-refractivity contribution in [2.24, 2.45) is 5.73 Å². The van der Waals surface area contributed by atoms with Crippen molar-refractivity contribution >= 4 is 0 Å². The second-order valence-electron chi connectivity index (χ2n) is 4.61. The van der Waals surface area contributed by atoms with E-state index in [2.05, 4.69) is 13.0 Å². The Labute approximate surface area is 114 Å². The fourth-order valence-corrected chi connectivity index (χ4v) is 2.10. The van der Waals surface area contributed by atoms with E-state index in [9.17, 15) is 0 Å². The van der Waals surface area contributed by atoms with Crippen molar-refractivity contribution in [3.8, 4) is 5.75 Å². The Hall–Kier alpha value is -1.74. The van der Waals surface area contributed by atoms with Crippen LogP contribution < -0.4 is 10.5 Å². The van der Waals surface area contributed by atoms with Gasteiger partial charge >= 0.3 is 0 Å². The molecule has 3 nitrogen and oxygen atoms in total. The first-order valence-corrected chi connectivity index (χ1v) is 6.73. The number of rotatable bonds is 5. The molecule has 0 radical (unpaired) electrons. The van der Waals surface area contributed by atoms with Crippen LogP contribution in [0, 0.1) is 6.92 Å². The monoisotopic (exact) mass is 259 g/mol. The molecule has 102 valence electrons. The molecule has 3 heteroatoms. The normalized spacial score (nSPS) is 12.4. The van der Waals surface area contributed by atoms with E-state index in [1.165, 1.54) is 0 Å². The minimum absolute atomic E-state index is 0.290. The highest BCUT2D eigenvalue weighted by Crippen LogP contribution is 2.30. The van der Waals surface area contributed by atoms with Gasteiger partial charge in [0.25, 0.3) is 0 Å². The Kier molecular flexibility index (Phi) is 4.27. The van der Waals surface area contributed by atoms with Crippen molar-refractivity contribution in [1.29, 1.82) is 0 Å². The van der Waals surface area contributed by atoms with Gasteiger partial charge in [0, 0.05) is 12.0 Å². The summed E-state index contributed by atoms with van der Waals surface area (Å²) >= 11 is 0. The first-order chi connectivity index (χ1) is 9.15. The second kappa shape index (κ2) is 5.93. The number of nitrogens with two attached hydrogens (primary N) is 1. The van der Waals surface area contributed by atoms with Crippen LogP contribution in [-0.4, -0.2) is 6.61 Å². The lowest BCUT2D eigenvalue weighted by molar-refractivity contribution is 0.333. The first-order valence-electron chi connectivity index (χ1n) is 6.73. The Balaban J connectivity index is 2.36. The molecule has 0 saturated carbocycles. The van der Waals surface area contributed by atoms with Crippen LogP contribution in [0.1, 0.15) is 42.5 Å². The number of aryl methyl sites for hydroxylation is 2. The Morgan fingerprint density at radius 1 is 1.21 bits per heavy atom. The molecule has 0 aliphatic rings. The summed E-state index contributed by atoms with van der Waals surface area (Å²) in [7, 11) is 0. The quantitative estimate of drug-likeness (QED) is 0.892. The number of benzene rings is 1. The minimum atomic E-state index is -0.290. The van der Waals surface area contributed by atoms with Gasteiger partial charge in [0.1, 0.15) is 17.3 Å². The molecule has 1 aromatic heterocycles. The smallest absolute Gasteiger partial charge is 0.125 e. The molecule has 0 amide bonds. The molecule has 0 bridgehead atoms. The van der Waals surface area contributed by atoms with E-state index in [1.54, 1.807) is 0 Å². The molecule has 1 aromatic carbocycles. The lowest BCUT2D eigenvalue weighted by Crippen LogP contribution is -2.13. The standard InChI is InChI=1S/C16H21NO2/c1-4-12-7-9-15(19-12)16(17)13-10-11(3)6-8-14(13)18-5-2/h6-10,16H,4-5,17H2,1-3H3. The Bertz CT molecular complexity index is 545. The molecule has 2 N–H and O–H groups in total. The molecule has 2 rings (SSSR count). The fourth-order valence-electron chi connectivity index (χ4n) is 2.10. The molecule has 0 spiro atoms. The predicted molar refractivity (Wildman–Crippen MR) is 76.5 cm³/mol. The molecule has 0 aliphatic carbocycles. The molecule has 2 aromatic rings. The summed E-state index contributed by atoms with van der Waals surface area (Å²) in [5, 5.41) is 0. The van der Waals surface area contributed by atoms with E-state index >= 15 is 0 Å². The van der Waals surface area contributed by atoms with Crippen molar-refractivity contribution in [2.75, 3.05) is 6.61 Å². The van der Waals surface area contributed by atoms with E-state index in [1.807, 2.05) is 38.1 Å². The molecule has 19 heavy (non-hydrogen) atoms. The van der Waals surface area contributed by atoms with E-state index in [0.29, 0.717) is 6.61 Å². The predicted octanol–water partition coefficient (Wildman–Crippen LogP) is 3.60. The first kappa shape index (κ1) is 13.7. The van der Waals surface area contributed by atoms with Gasteiger partial charge in [0.15, 0.2) is 0 Å². The van der Waals surface area contributed by atoms with E-state index < -0.39 is 0 Å². The van der Waals surface area contributed by atoms with Gasteiger partial charge in [0.05, 0.1) is 12.6 Å². The van der Waals surface area contributed by atoms with Gasteiger partial charge in [-0.3, -0.25) is 0 Å². The molecule has 0 saturated heterocycles. The topological polar surface area (TPSA) is 48.4 Å². The van der Waals surface area contributed by atoms with Crippen LogP contribution in [-0.2, 0) is 6.42 Å². The van der Waals surface area contributed by atoms with Crippen LogP contribution in [0.3, 0.4) is 0 Å². The molecule has 1 heterocycles. The summed E-state index contributed by atoms with van der Waals surface area (Å²) in [6.45, 7) is 6.70. The number of furan rings is 1. The highest BCUT2D eigenvalue weighted by atomic mass is 16.5. The van der Waals surface area contributed by atoms with Crippen LogP contribution in [0.25, 0.3) is 0 Å². The van der Waals surface area contributed by atoms with Crippen molar-refractivity contribution in [3.63, 3.8) is 0 Å². The zero-order chi connectivity index (χ0) is 13.8. The average Bonchev–Trinajstić information content (AvgIpc) is 2.89. The summed E-state index contributed by atoms with van der Waals surface area (Å²) in [4.78, 5) is 0. The van der Waals surface area contributed by atoms with Crippen molar-refractivity contribution in [2.45, 2.75) is 33.2 Å². The minimum Gasteiger partial charge on any atom is -0.494 e.